The molecule has 3 rings (SSSR count). The number of hydrogen-bond donors (Lipinski definition) is 2. The number of fused-ring (bicyclic) bond motifs is 1. The Bertz CT molecular complexity index is 740. The minimum Gasteiger partial charge on any atom is -0.372 e. The molecule has 5 heteroatoms. The van der Waals surface area contributed by atoms with Crippen LogP contribution in [0.25, 0.3) is 10.9 Å². The summed E-state index contributed by atoms with van der Waals surface area (Å²) in [4.78, 5) is 9.02. The fraction of sp³-hybridized carbons (Fsp3) is 0.0667. The van der Waals surface area contributed by atoms with Crippen molar-refractivity contribution in [2.24, 2.45) is 0 Å². The molecule has 1 heterocycles. The quantitative estimate of drug-likeness (QED) is 0.757. The van der Waals surface area contributed by atoms with Crippen molar-refractivity contribution in [3.63, 3.8) is 0 Å². The van der Waals surface area contributed by atoms with Crippen molar-refractivity contribution >= 4 is 44.3 Å². The van der Waals surface area contributed by atoms with Crippen LogP contribution in [0.1, 0.15) is 0 Å². The highest BCUT2D eigenvalue weighted by Gasteiger charge is 2.06. The topological polar surface area (TPSA) is 49.8 Å². The molecule has 2 aromatic carbocycles. The molecule has 0 aliphatic rings. The third-order valence-corrected chi connectivity index (χ3v) is 3.47. The molecule has 0 bridgehead atoms. The summed E-state index contributed by atoms with van der Waals surface area (Å²) in [5, 5.41) is 7.33. The van der Waals surface area contributed by atoms with Crippen LogP contribution in [0.4, 0.5) is 17.5 Å². The molecule has 20 heavy (non-hydrogen) atoms. The number of hydrogen-bond acceptors (Lipinski definition) is 4. The fourth-order valence-corrected chi connectivity index (χ4v) is 2.25. The number of nitrogens with one attached hydrogen (secondary N) is 2. The molecule has 0 saturated heterocycles. The van der Waals surface area contributed by atoms with Crippen LogP contribution >= 0.6 is 15.9 Å². The van der Waals surface area contributed by atoms with Crippen LogP contribution in [0, 0.1) is 0 Å². The maximum atomic E-state index is 4.53. The molecule has 0 aliphatic carbocycles. The first-order chi connectivity index (χ1) is 9.76. The average molecular weight is 329 g/mol. The molecule has 0 fully saturated rings. The Balaban J connectivity index is 2.01. The van der Waals surface area contributed by atoms with E-state index >= 15 is 0 Å². The van der Waals surface area contributed by atoms with Gasteiger partial charge in [0.25, 0.3) is 0 Å². The minimum atomic E-state index is 0.579. The number of benzene rings is 2. The van der Waals surface area contributed by atoms with Gasteiger partial charge in [0, 0.05) is 22.6 Å². The van der Waals surface area contributed by atoms with Gasteiger partial charge in [-0.3, -0.25) is 0 Å². The fourth-order valence-electron chi connectivity index (χ4n) is 1.99. The van der Waals surface area contributed by atoms with E-state index in [-0.39, 0.29) is 0 Å². The second-order valence-electron chi connectivity index (χ2n) is 4.29. The molecular formula is C15H13BrN4. The largest absolute Gasteiger partial charge is 0.372 e. The Hall–Kier alpha value is -2.14. The summed E-state index contributed by atoms with van der Waals surface area (Å²) in [5.74, 6) is 1.39. The lowest BCUT2D eigenvalue weighted by Gasteiger charge is -2.09. The van der Waals surface area contributed by atoms with Crippen LogP contribution in [0.3, 0.4) is 0 Å². The Morgan fingerprint density at radius 1 is 0.950 bits per heavy atom. The molecule has 0 aliphatic heterocycles. The Kier molecular flexibility index (Phi) is 3.52. The Morgan fingerprint density at radius 3 is 2.45 bits per heavy atom. The van der Waals surface area contributed by atoms with Crippen LogP contribution in [0.5, 0.6) is 0 Å². The number of nitrogens with zero attached hydrogens (tertiary/aromatic N) is 2. The predicted octanol–water partition coefficient (Wildman–Crippen LogP) is 4.18. The van der Waals surface area contributed by atoms with Crippen LogP contribution < -0.4 is 10.6 Å². The first-order valence-corrected chi connectivity index (χ1v) is 7.03. The number of anilines is 3. The lowest BCUT2D eigenvalue weighted by atomic mass is 10.2. The van der Waals surface area contributed by atoms with Gasteiger partial charge in [-0.05, 0) is 36.4 Å². The summed E-state index contributed by atoms with van der Waals surface area (Å²) in [5.41, 5.74) is 1.86. The van der Waals surface area contributed by atoms with Crippen molar-refractivity contribution in [1.82, 2.24) is 9.97 Å². The van der Waals surface area contributed by atoms with Crippen molar-refractivity contribution in [1.29, 1.82) is 0 Å². The summed E-state index contributed by atoms with van der Waals surface area (Å²) in [6, 6.07) is 15.8. The summed E-state index contributed by atoms with van der Waals surface area (Å²) < 4.78 is 1.04. The third kappa shape index (κ3) is 2.58. The Labute approximate surface area is 125 Å². The van der Waals surface area contributed by atoms with Gasteiger partial charge in [-0.25, -0.2) is 4.98 Å². The number of halogens is 1. The van der Waals surface area contributed by atoms with Gasteiger partial charge in [0.15, 0.2) is 0 Å². The maximum absolute atomic E-state index is 4.53. The van der Waals surface area contributed by atoms with Gasteiger partial charge in [0.1, 0.15) is 5.82 Å². The lowest BCUT2D eigenvalue weighted by Crippen LogP contribution is -2.01. The molecular weight excluding hydrogens is 316 g/mol. The second kappa shape index (κ2) is 5.46. The number of aromatic nitrogens is 2. The van der Waals surface area contributed by atoms with Crippen LogP contribution in [-0.4, -0.2) is 17.0 Å². The van der Waals surface area contributed by atoms with Crippen molar-refractivity contribution in [2.45, 2.75) is 0 Å². The normalized spacial score (nSPS) is 10.5. The van der Waals surface area contributed by atoms with Crippen molar-refractivity contribution < 1.29 is 0 Å². The zero-order chi connectivity index (χ0) is 13.9. The van der Waals surface area contributed by atoms with E-state index in [9.17, 15) is 0 Å². The second-order valence-corrected chi connectivity index (χ2v) is 5.21. The number of para-hydroxylation sites is 1. The molecule has 0 unspecified atom stereocenters. The summed E-state index contributed by atoms with van der Waals surface area (Å²) in [6.07, 6.45) is 0. The van der Waals surface area contributed by atoms with E-state index in [4.69, 9.17) is 0 Å². The molecule has 0 amide bonds. The van der Waals surface area contributed by atoms with Gasteiger partial charge in [-0.15, -0.1) is 0 Å². The van der Waals surface area contributed by atoms with Gasteiger partial charge in [0.05, 0.1) is 5.52 Å². The molecule has 0 saturated carbocycles. The van der Waals surface area contributed by atoms with Crippen molar-refractivity contribution in [3.8, 4) is 0 Å². The summed E-state index contributed by atoms with van der Waals surface area (Å²) in [7, 11) is 1.86. The number of rotatable bonds is 3. The van der Waals surface area contributed by atoms with E-state index in [1.165, 1.54) is 0 Å². The van der Waals surface area contributed by atoms with Gasteiger partial charge in [-0.1, -0.05) is 28.1 Å². The molecule has 1 aromatic heterocycles. The van der Waals surface area contributed by atoms with Crippen LogP contribution in [0.2, 0.25) is 0 Å². The molecule has 0 radical (unpaired) electrons. The van der Waals surface area contributed by atoms with Gasteiger partial charge in [-0.2, -0.15) is 4.98 Å². The van der Waals surface area contributed by atoms with E-state index in [1.807, 2.05) is 55.6 Å². The van der Waals surface area contributed by atoms with Gasteiger partial charge >= 0.3 is 0 Å². The molecule has 3 aromatic rings. The van der Waals surface area contributed by atoms with Gasteiger partial charge in [0.2, 0.25) is 5.95 Å². The molecule has 0 spiro atoms. The van der Waals surface area contributed by atoms with E-state index in [2.05, 4.69) is 36.5 Å². The molecule has 0 atom stereocenters. The predicted molar refractivity (Wildman–Crippen MR) is 86.5 cm³/mol. The summed E-state index contributed by atoms with van der Waals surface area (Å²) in [6.45, 7) is 0. The molecule has 100 valence electrons. The average Bonchev–Trinajstić information content (AvgIpc) is 2.49. The highest BCUT2D eigenvalue weighted by molar-refractivity contribution is 9.10. The van der Waals surface area contributed by atoms with E-state index in [0.29, 0.717) is 5.95 Å². The third-order valence-electron chi connectivity index (χ3n) is 2.94. The lowest BCUT2D eigenvalue weighted by molar-refractivity contribution is 1.20. The van der Waals surface area contributed by atoms with E-state index < -0.39 is 0 Å². The monoisotopic (exact) mass is 328 g/mol. The first kappa shape index (κ1) is 12.9. The van der Waals surface area contributed by atoms with Gasteiger partial charge < -0.3 is 10.6 Å². The highest BCUT2D eigenvalue weighted by Crippen LogP contribution is 2.23. The molecule has 2 N–H and O–H groups in total. The first-order valence-electron chi connectivity index (χ1n) is 6.23. The van der Waals surface area contributed by atoms with E-state index in [1.54, 1.807) is 0 Å². The van der Waals surface area contributed by atoms with Crippen LogP contribution in [0.15, 0.2) is 53.0 Å². The van der Waals surface area contributed by atoms with Crippen molar-refractivity contribution in [3.05, 3.63) is 53.0 Å². The standard InChI is InChI=1S/C15H13BrN4/c1-17-14-12-4-2-3-5-13(12)19-15(20-14)18-11-8-6-10(16)7-9-11/h2-9H,1H3,(H2,17,18,19,20). The van der Waals surface area contributed by atoms with Crippen LogP contribution in [-0.2, 0) is 0 Å². The Morgan fingerprint density at radius 2 is 1.70 bits per heavy atom. The molecule has 4 nitrogen and oxygen atoms in total. The van der Waals surface area contributed by atoms with Crippen molar-refractivity contribution in [2.75, 3.05) is 17.7 Å². The SMILES string of the molecule is CNc1nc(Nc2ccc(Br)cc2)nc2ccccc12. The zero-order valence-corrected chi connectivity index (χ0v) is 12.5. The highest BCUT2D eigenvalue weighted by atomic mass is 79.9. The maximum Gasteiger partial charge on any atom is 0.229 e. The van der Waals surface area contributed by atoms with E-state index in [0.717, 1.165) is 26.9 Å². The minimum absolute atomic E-state index is 0.579. The zero-order valence-electron chi connectivity index (χ0n) is 10.9. The summed E-state index contributed by atoms with van der Waals surface area (Å²) >= 11 is 3.42. The smallest absolute Gasteiger partial charge is 0.229 e.